The third-order valence-electron chi connectivity index (χ3n) is 1.59. The number of hydrogen-bond donors (Lipinski definition) is 0. The fraction of sp³-hybridized carbons (Fsp3) is 0.250. The maximum absolute atomic E-state index is 10.4. The van der Waals surface area contributed by atoms with Gasteiger partial charge in [-0.2, -0.15) is 0 Å². The number of hydrogen-bond acceptors (Lipinski definition) is 3. The van der Waals surface area contributed by atoms with Crippen molar-refractivity contribution in [1.82, 2.24) is 0 Å². The summed E-state index contributed by atoms with van der Waals surface area (Å²) in [4.78, 5) is 20.8. The van der Waals surface area contributed by atoms with E-state index in [0.717, 1.165) is 0 Å². The van der Waals surface area contributed by atoms with Crippen LogP contribution in [0.1, 0.15) is 32.2 Å². The quantitative estimate of drug-likeness (QED) is 0.603. The normalized spacial score (nSPS) is 9.64. The first-order valence-corrected chi connectivity index (χ1v) is 3.21. The number of aldehydes is 2. The van der Waals surface area contributed by atoms with Crippen LogP contribution in [0.3, 0.4) is 0 Å². The van der Waals surface area contributed by atoms with Gasteiger partial charge in [0.2, 0.25) is 0 Å². The summed E-state index contributed by atoms with van der Waals surface area (Å²) in [6.07, 6.45) is 1.27. The zero-order valence-electron chi connectivity index (χ0n) is 6.38. The molecule has 1 rings (SSSR count). The molecule has 0 N–H and O–H groups in total. The van der Waals surface area contributed by atoms with Gasteiger partial charge in [-0.05, 0) is 13.8 Å². The Labute approximate surface area is 64.0 Å². The Morgan fingerprint density at radius 3 is 1.64 bits per heavy atom. The van der Waals surface area contributed by atoms with Crippen molar-refractivity contribution in [2.75, 3.05) is 0 Å². The van der Waals surface area contributed by atoms with Crippen LogP contribution in [0.5, 0.6) is 0 Å². The molecular formula is C8H8O3. The highest BCUT2D eigenvalue weighted by Gasteiger charge is 2.12. The lowest BCUT2D eigenvalue weighted by Gasteiger charge is -1.83. The van der Waals surface area contributed by atoms with E-state index < -0.39 is 0 Å². The summed E-state index contributed by atoms with van der Waals surface area (Å²) in [5.41, 5.74) is 0.718. The maximum atomic E-state index is 10.4. The molecule has 3 nitrogen and oxygen atoms in total. The van der Waals surface area contributed by atoms with Crippen LogP contribution in [0.2, 0.25) is 0 Å². The van der Waals surface area contributed by atoms with E-state index in [1.54, 1.807) is 13.8 Å². The van der Waals surface area contributed by atoms with Crippen molar-refractivity contribution < 1.29 is 14.0 Å². The average Bonchev–Trinajstić information content (AvgIpc) is 2.24. The lowest BCUT2D eigenvalue weighted by molar-refractivity contribution is 0.109. The Balaban J connectivity index is 3.39. The van der Waals surface area contributed by atoms with E-state index in [2.05, 4.69) is 0 Å². The van der Waals surface area contributed by atoms with Gasteiger partial charge in [-0.15, -0.1) is 0 Å². The topological polar surface area (TPSA) is 47.3 Å². The van der Waals surface area contributed by atoms with E-state index in [9.17, 15) is 9.59 Å². The molecular weight excluding hydrogens is 144 g/mol. The summed E-state index contributed by atoms with van der Waals surface area (Å²) >= 11 is 0. The first-order valence-electron chi connectivity index (χ1n) is 3.21. The molecule has 0 aliphatic rings. The van der Waals surface area contributed by atoms with Crippen molar-refractivity contribution in [2.45, 2.75) is 13.8 Å². The summed E-state index contributed by atoms with van der Waals surface area (Å²) in [6, 6.07) is 0. The predicted molar refractivity (Wildman–Crippen MR) is 39.0 cm³/mol. The first kappa shape index (κ1) is 7.72. The van der Waals surface area contributed by atoms with Crippen LogP contribution in [0.15, 0.2) is 4.42 Å². The summed E-state index contributed by atoms with van der Waals surface area (Å²) < 4.78 is 5.06. The molecule has 11 heavy (non-hydrogen) atoms. The molecule has 0 spiro atoms. The fourth-order valence-electron chi connectivity index (χ4n) is 1.01. The minimum atomic E-state index is 0.359. The number of aryl methyl sites for hydroxylation is 2. The largest absolute Gasteiger partial charge is 0.465 e. The van der Waals surface area contributed by atoms with Crippen LogP contribution in [-0.4, -0.2) is 12.6 Å². The Morgan fingerprint density at radius 2 is 1.36 bits per heavy atom. The first-order chi connectivity index (χ1) is 5.20. The van der Waals surface area contributed by atoms with Gasteiger partial charge in [-0.1, -0.05) is 0 Å². The van der Waals surface area contributed by atoms with Crippen LogP contribution in [0.25, 0.3) is 0 Å². The summed E-state index contributed by atoms with van der Waals surface area (Å²) in [5.74, 6) is 0.999. The van der Waals surface area contributed by atoms with E-state index in [1.165, 1.54) is 0 Å². The molecule has 0 fully saturated rings. The third-order valence-corrected chi connectivity index (χ3v) is 1.59. The van der Waals surface area contributed by atoms with Crippen molar-refractivity contribution in [1.29, 1.82) is 0 Å². The lowest BCUT2D eigenvalue weighted by atomic mass is 10.1. The van der Waals surface area contributed by atoms with Crippen molar-refractivity contribution in [3.8, 4) is 0 Å². The summed E-state index contributed by atoms with van der Waals surface area (Å²) in [6.45, 7) is 3.31. The second kappa shape index (κ2) is 2.70. The van der Waals surface area contributed by atoms with Crippen molar-refractivity contribution >= 4 is 12.6 Å². The van der Waals surface area contributed by atoms with Crippen LogP contribution < -0.4 is 0 Å². The highest BCUT2D eigenvalue weighted by Crippen LogP contribution is 2.17. The Morgan fingerprint density at radius 1 is 1.00 bits per heavy atom. The molecule has 0 unspecified atom stereocenters. The van der Waals surface area contributed by atoms with Gasteiger partial charge >= 0.3 is 0 Å². The van der Waals surface area contributed by atoms with Crippen LogP contribution in [0.4, 0.5) is 0 Å². The molecule has 1 aromatic rings. The fourth-order valence-corrected chi connectivity index (χ4v) is 1.01. The molecule has 0 saturated heterocycles. The van der Waals surface area contributed by atoms with Crippen molar-refractivity contribution in [3.05, 3.63) is 22.6 Å². The molecule has 0 saturated carbocycles. The van der Waals surface area contributed by atoms with Gasteiger partial charge in [0, 0.05) is 0 Å². The van der Waals surface area contributed by atoms with Crippen molar-refractivity contribution in [3.63, 3.8) is 0 Å². The molecule has 0 aliphatic carbocycles. The summed E-state index contributed by atoms with van der Waals surface area (Å²) in [7, 11) is 0. The van der Waals surface area contributed by atoms with E-state index in [0.29, 0.717) is 35.2 Å². The molecule has 0 bridgehead atoms. The molecule has 0 aliphatic heterocycles. The molecule has 0 aromatic carbocycles. The zero-order valence-corrected chi connectivity index (χ0v) is 6.38. The molecule has 1 aromatic heterocycles. The summed E-state index contributed by atoms with van der Waals surface area (Å²) in [5, 5.41) is 0. The molecule has 0 atom stereocenters. The van der Waals surface area contributed by atoms with Gasteiger partial charge in [-0.25, -0.2) is 0 Å². The highest BCUT2D eigenvalue weighted by molar-refractivity contribution is 5.92. The van der Waals surface area contributed by atoms with Crippen LogP contribution >= 0.6 is 0 Å². The molecule has 0 radical (unpaired) electrons. The average molecular weight is 152 g/mol. The molecule has 3 heteroatoms. The maximum Gasteiger partial charge on any atom is 0.154 e. The number of carbonyl (C=O) groups is 2. The van der Waals surface area contributed by atoms with E-state index >= 15 is 0 Å². The van der Waals surface area contributed by atoms with Gasteiger partial charge in [0.1, 0.15) is 11.5 Å². The number of carbonyl (C=O) groups excluding carboxylic acids is 2. The Kier molecular flexibility index (Phi) is 1.89. The van der Waals surface area contributed by atoms with Crippen molar-refractivity contribution in [2.24, 2.45) is 0 Å². The van der Waals surface area contributed by atoms with Gasteiger partial charge < -0.3 is 4.42 Å². The lowest BCUT2D eigenvalue weighted by Crippen LogP contribution is -1.87. The number of rotatable bonds is 2. The van der Waals surface area contributed by atoms with Crippen LogP contribution in [-0.2, 0) is 0 Å². The third kappa shape index (κ3) is 1.09. The Hall–Kier alpha value is -1.38. The van der Waals surface area contributed by atoms with E-state index in [4.69, 9.17) is 4.42 Å². The van der Waals surface area contributed by atoms with Crippen LogP contribution in [0, 0.1) is 13.8 Å². The van der Waals surface area contributed by atoms with Gasteiger partial charge in [0.25, 0.3) is 0 Å². The van der Waals surface area contributed by atoms with Gasteiger partial charge in [0.15, 0.2) is 12.6 Å². The monoisotopic (exact) mass is 152 g/mol. The Bertz CT molecular complexity index is 268. The smallest absolute Gasteiger partial charge is 0.154 e. The highest BCUT2D eigenvalue weighted by atomic mass is 16.3. The van der Waals surface area contributed by atoms with Gasteiger partial charge in [-0.3, -0.25) is 9.59 Å². The molecule has 58 valence electrons. The predicted octanol–water partition coefficient (Wildman–Crippen LogP) is 1.52. The minimum Gasteiger partial charge on any atom is -0.465 e. The standard InChI is InChI=1S/C8H8O3/c1-5-7(3-9)8(4-10)6(2)11-5/h3-4H,1-2H3. The SMILES string of the molecule is Cc1oc(C)c(C=O)c1C=O. The molecule has 1 heterocycles. The minimum absolute atomic E-state index is 0.359. The van der Waals surface area contributed by atoms with E-state index in [1.807, 2.05) is 0 Å². The number of furan rings is 1. The zero-order chi connectivity index (χ0) is 8.43. The second-order valence-electron chi connectivity index (χ2n) is 2.28. The van der Waals surface area contributed by atoms with E-state index in [-0.39, 0.29) is 0 Å². The molecule has 0 amide bonds. The van der Waals surface area contributed by atoms with Gasteiger partial charge in [0.05, 0.1) is 11.1 Å². The second-order valence-corrected chi connectivity index (χ2v) is 2.28.